The smallest absolute Gasteiger partial charge is 0.462 e. The predicted octanol–water partition coefficient (Wildman–Crippen LogP) is 26.2. The molecule has 5 atom stereocenters. The lowest BCUT2D eigenvalue weighted by Crippen LogP contribution is -2.30. The zero-order chi connectivity index (χ0) is 77.8. The van der Waals surface area contributed by atoms with Gasteiger partial charge in [-0.15, -0.1) is 0 Å². The van der Waals surface area contributed by atoms with Crippen LogP contribution in [-0.2, 0) is 65.4 Å². The second-order valence-corrected chi connectivity index (χ2v) is 34.5. The van der Waals surface area contributed by atoms with E-state index in [2.05, 4.69) is 65.8 Å². The number of allylic oxidation sites excluding steroid dienone is 4. The van der Waals surface area contributed by atoms with Crippen LogP contribution < -0.4 is 0 Å². The summed E-state index contributed by atoms with van der Waals surface area (Å²) < 4.78 is 68.8. The standard InChI is InChI=1S/C87H166O17P2/c1-7-9-11-13-15-17-18-19-28-36-41-47-53-59-65-71-86(91)103-82(75-97-84(89)69-63-57-51-43-16-14-12-10-8-2)77-101-105(93,94)99-73-81(88)74-100-106(95,96)102-78-83(104-87(92)72-66-60-54-48-42-37-32-27-23-21-25-30-34-39-45-50-56-62-68-80(5)6)76-98-85(90)70-64-58-52-46-40-35-31-26-22-20-24-29-33-38-44-49-55-61-67-79(3)4/h17-19,28,79-83,88H,7-16,20-27,29-78H2,1-6H3,(H,93,94)(H,95,96)/b18-17-,28-19-/t81-,82+,83+/m0/s1. The second-order valence-electron chi connectivity index (χ2n) is 31.5. The average Bonchev–Trinajstić information content (AvgIpc) is 0.902. The Balaban J connectivity index is 5.22. The van der Waals surface area contributed by atoms with E-state index in [9.17, 15) is 43.2 Å². The largest absolute Gasteiger partial charge is 0.472 e. The predicted molar refractivity (Wildman–Crippen MR) is 437 cm³/mol. The molecule has 0 aromatic carbocycles. The SMILES string of the molecule is CCCCCC/C=C\C=C/CCCCCCCC(=O)O[C@H](COC(=O)CCCCCCCCCCC)COP(=O)(O)OC[C@H](O)COP(=O)(O)OC[C@@H](COC(=O)CCCCCCCCCCCCCCCCCCCCC(C)C)OC(=O)CCCCCCCCCCCCCCCCCCCCC(C)C. The molecule has 0 rings (SSSR count). The Hall–Kier alpha value is -2.46. The van der Waals surface area contributed by atoms with Crippen LogP contribution in [0, 0.1) is 11.8 Å². The molecular formula is C87H166O17P2. The Morgan fingerprint density at radius 2 is 0.509 bits per heavy atom. The highest BCUT2D eigenvalue weighted by Crippen LogP contribution is 2.45. The average molecular weight is 1550 g/mol. The van der Waals surface area contributed by atoms with E-state index in [0.717, 1.165) is 115 Å². The number of hydrogen-bond donors (Lipinski definition) is 3. The van der Waals surface area contributed by atoms with Crippen molar-refractivity contribution in [3.05, 3.63) is 24.3 Å². The fourth-order valence-electron chi connectivity index (χ4n) is 13.1. The second kappa shape index (κ2) is 77.8. The van der Waals surface area contributed by atoms with Gasteiger partial charge in [-0.25, -0.2) is 9.13 Å². The third kappa shape index (κ3) is 79.6. The molecule has 0 aliphatic carbocycles. The van der Waals surface area contributed by atoms with Gasteiger partial charge in [-0.1, -0.05) is 387 Å². The van der Waals surface area contributed by atoms with Gasteiger partial charge in [0, 0.05) is 25.7 Å². The number of carbonyl (C=O) groups is 4. The minimum absolute atomic E-state index is 0.0853. The van der Waals surface area contributed by atoms with Crippen molar-refractivity contribution >= 4 is 39.5 Å². The first-order chi connectivity index (χ1) is 51.4. The molecule has 0 aliphatic heterocycles. The summed E-state index contributed by atoms with van der Waals surface area (Å²) in [5.41, 5.74) is 0. The van der Waals surface area contributed by atoms with Gasteiger partial charge < -0.3 is 33.8 Å². The van der Waals surface area contributed by atoms with Crippen molar-refractivity contribution in [2.45, 2.75) is 458 Å². The van der Waals surface area contributed by atoms with Crippen molar-refractivity contribution < 1.29 is 80.2 Å². The van der Waals surface area contributed by atoms with Crippen LogP contribution in [0.5, 0.6) is 0 Å². The highest BCUT2D eigenvalue weighted by Gasteiger charge is 2.30. The van der Waals surface area contributed by atoms with Gasteiger partial charge in [0.15, 0.2) is 12.2 Å². The fourth-order valence-corrected chi connectivity index (χ4v) is 14.6. The van der Waals surface area contributed by atoms with E-state index in [1.807, 2.05) is 0 Å². The normalized spacial score (nSPS) is 14.0. The number of carbonyl (C=O) groups excluding carboxylic acids is 4. The molecule has 0 bridgehead atoms. The minimum Gasteiger partial charge on any atom is -0.462 e. The minimum atomic E-state index is -4.97. The maximum Gasteiger partial charge on any atom is 0.472 e. The number of aliphatic hydroxyl groups is 1. The van der Waals surface area contributed by atoms with Crippen LogP contribution in [0.25, 0.3) is 0 Å². The van der Waals surface area contributed by atoms with Crippen LogP contribution in [0.15, 0.2) is 24.3 Å². The molecule has 3 N–H and O–H groups in total. The van der Waals surface area contributed by atoms with Gasteiger partial charge in [0.2, 0.25) is 0 Å². The van der Waals surface area contributed by atoms with Gasteiger partial charge in [-0.2, -0.15) is 0 Å². The summed E-state index contributed by atoms with van der Waals surface area (Å²) in [4.78, 5) is 73.1. The van der Waals surface area contributed by atoms with Crippen LogP contribution in [0.2, 0.25) is 0 Å². The number of phosphoric acid groups is 2. The lowest BCUT2D eigenvalue weighted by Gasteiger charge is -2.21. The zero-order valence-corrected chi connectivity index (χ0v) is 71.0. The maximum atomic E-state index is 13.1. The van der Waals surface area contributed by atoms with E-state index in [1.165, 1.54) is 244 Å². The van der Waals surface area contributed by atoms with Crippen LogP contribution in [-0.4, -0.2) is 96.7 Å². The van der Waals surface area contributed by atoms with Crippen LogP contribution >= 0.6 is 15.6 Å². The molecule has 0 aromatic heterocycles. The Morgan fingerprint density at radius 1 is 0.292 bits per heavy atom. The molecule has 0 heterocycles. The third-order valence-electron chi connectivity index (χ3n) is 19.8. The summed E-state index contributed by atoms with van der Waals surface area (Å²) >= 11 is 0. The molecule has 0 radical (unpaired) electrons. The number of hydrogen-bond acceptors (Lipinski definition) is 15. The van der Waals surface area contributed by atoms with E-state index >= 15 is 0 Å². The van der Waals surface area contributed by atoms with Crippen molar-refractivity contribution in [2.75, 3.05) is 39.6 Å². The summed E-state index contributed by atoms with van der Waals surface area (Å²) in [7, 11) is -9.94. The maximum absolute atomic E-state index is 13.1. The van der Waals surface area contributed by atoms with Crippen molar-refractivity contribution in [2.24, 2.45) is 11.8 Å². The molecule has 626 valence electrons. The summed E-state index contributed by atoms with van der Waals surface area (Å²) in [6.07, 6.45) is 73.1. The number of rotatable bonds is 84. The van der Waals surface area contributed by atoms with Crippen molar-refractivity contribution in [3.8, 4) is 0 Å². The lowest BCUT2D eigenvalue weighted by atomic mass is 10.0. The number of phosphoric ester groups is 2. The molecule has 0 saturated heterocycles. The summed E-state index contributed by atoms with van der Waals surface area (Å²) in [6.45, 7) is 9.66. The molecule has 0 aliphatic rings. The number of esters is 4. The first-order valence-corrected chi connectivity index (χ1v) is 47.3. The van der Waals surface area contributed by atoms with Crippen LogP contribution in [0.3, 0.4) is 0 Å². The monoisotopic (exact) mass is 1550 g/mol. The Morgan fingerprint density at radius 3 is 0.774 bits per heavy atom. The fraction of sp³-hybridized carbons (Fsp3) is 0.908. The molecule has 106 heavy (non-hydrogen) atoms. The van der Waals surface area contributed by atoms with Gasteiger partial charge in [0.05, 0.1) is 26.4 Å². The molecule has 0 spiro atoms. The van der Waals surface area contributed by atoms with Gasteiger partial charge in [0.25, 0.3) is 0 Å². The molecule has 0 amide bonds. The van der Waals surface area contributed by atoms with Crippen molar-refractivity contribution in [1.82, 2.24) is 0 Å². The first-order valence-electron chi connectivity index (χ1n) is 44.3. The Kier molecular flexibility index (Phi) is 76.0. The number of aliphatic hydroxyl groups excluding tert-OH is 1. The van der Waals surface area contributed by atoms with Gasteiger partial charge in [-0.3, -0.25) is 37.3 Å². The van der Waals surface area contributed by atoms with Gasteiger partial charge in [0.1, 0.15) is 19.3 Å². The van der Waals surface area contributed by atoms with E-state index in [0.29, 0.717) is 25.7 Å². The summed E-state index contributed by atoms with van der Waals surface area (Å²) in [5, 5.41) is 10.7. The third-order valence-corrected chi connectivity index (χ3v) is 21.7. The topological polar surface area (TPSA) is 237 Å². The molecule has 0 saturated carbocycles. The van der Waals surface area contributed by atoms with Crippen LogP contribution in [0.4, 0.5) is 0 Å². The highest BCUT2D eigenvalue weighted by molar-refractivity contribution is 7.47. The van der Waals surface area contributed by atoms with E-state index < -0.39 is 97.5 Å². The quantitative estimate of drug-likeness (QED) is 0.0169. The Labute approximate surface area is 650 Å². The first kappa shape index (κ1) is 104. The zero-order valence-electron chi connectivity index (χ0n) is 69.2. The molecule has 19 heteroatoms. The van der Waals surface area contributed by atoms with Crippen molar-refractivity contribution in [3.63, 3.8) is 0 Å². The van der Waals surface area contributed by atoms with E-state index in [-0.39, 0.29) is 25.7 Å². The Bertz CT molecular complexity index is 2120. The van der Waals surface area contributed by atoms with E-state index in [1.54, 1.807) is 0 Å². The van der Waals surface area contributed by atoms with Gasteiger partial charge >= 0.3 is 39.5 Å². The summed E-state index contributed by atoms with van der Waals surface area (Å²) in [5.74, 6) is -0.492. The number of ether oxygens (including phenoxy) is 4. The van der Waals surface area contributed by atoms with Crippen molar-refractivity contribution in [1.29, 1.82) is 0 Å². The molecule has 0 fully saturated rings. The molecule has 0 aromatic rings. The van der Waals surface area contributed by atoms with E-state index in [4.69, 9.17) is 37.0 Å². The molecule has 2 unspecified atom stereocenters. The summed E-state index contributed by atoms with van der Waals surface area (Å²) in [6, 6.07) is 0. The van der Waals surface area contributed by atoms with Gasteiger partial charge in [-0.05, 0) is 63.2 Å². The van der Waals surface area contributed by atoms with Crippen LogP contribution in [0.1, 0.15) is 440 Å². The highest BCUT2D eigenvalue weighted by atomic mass is 31.2. The number of unbranched alkanes of at least 4 members (excludes halogenated alkanes) is 51. The lowest BCUT2D eigenvalue weighted by molar-refractivity contribution is -0.161. The molecular weight excluding hydrogens is 1380 g/mol. The molecule has 17 nitrogen and oxygen atoms in total.